The molecule has 1 aromatic heterocycles. The molecule has 0 saturated carbocycles. The summed E-state index contributed by atoms with van der Waals surface area (Å²) in [6.07, 6.45) is 0. The van der Waals surface area contributed by atoms with Crippen LogP contribution in [0.3, 0.4) is 0 Å². The second kappa shape index (κ2) is 10.3. The van der Waals surface area contributed by atoms with E-state index in [9.17, 15) is 9.59 Å². The third-order valence-corrected chi connectivity index (χ3v) is 5.96. The van der Waals surface area contributed by atoms with Crippen LogP contribution < -0.4 is 25.1 Å². The Hall–Kier alpha value is -3.98. The van der Waals surface area contributed by atoms with E-state index in [1.807, 2.05) is 6.07 Å². The van der Waals surface area contributed by atoms with Crippen molar-refractivity contribution in [2.75, 3.05) is 32.4 Å². The third kappa shape index (κ3) is 4.99. The minimum Gasteiger partial charge on any atom is -0.497 e. The molecule has 0 aliphatic rings. The molecule has 0 saturated heterocycles. The molecule has 0 unspecified atom stereocenters. The van der Waals surface area contributed by atoms with Crippen molar-refractivity contribution in [1.82, 2.24) is 9.55 Å². The number of ether oxygens (including phenoxy) is 3. The lowest BCUT2D eigenvalue weighted by Gasteiger charge is -2.14. The molecule has 1 heterocycles. The van der Waals surface area contributed by atoms with Gasteiger partial charge < -0.3 is 19.5 Å². The van der Waals surface area contributed by atoms with Crippen molar-refractivity contribution >= 4 is 34.3 Å². The molecule has 4 aromatic rings. The molecule has 9 heteroatoms. The first-order valence-corrected chi connectivity index (χ1v) is 11.3. The monoisotopic (exact) mass is 477 g/mol. The molecule has 34 heavy (non-hydrogen) atoms. The summed E-state index contributed by atoms with van der Waals surface area (Å²) >= 11 is 1.17. The van der Waals surface area contributed by atoms with Crippen LogP contribution in [-0.4, -0.2) is 42.5 Å². The summed E-state index contributed by atoms with van der Waals surface area (Å²) in [4.78, 5) is 30.8. The number of hydrogen-bond donors (Lipinski definition) is 1. The number of aromatic nitrogens is 2. The summed E-state index contributed by atoms with van der Waals surface area (Å²) in [6.45, 7) is 0. The average molecular weight is 478 g/mol. The molecule has 1 N–H and O–H groups in total. The molecule has 174 valence electrons. The van der Waals surface area contributed by atoms with Crippen molar-refractivity contribution in [2.24, 2.45) is 0 Å². The van der Waals surface area contributed by atoms with Gasteiger partial charge in [0.15, 0.2) is 5.16 Å². The number of hydrogen-bond acceptors (Lipinski definition) is 7. The summed E-state index contributed by atoms with van der Waals surface area (Å²) in [5.74, 6) is 1.50. The van der Waals surface area contributed by atoms with Gasteiger partial charge in [-0.1, -0.05) is 30.0 Å². The van der Waals surface area contributed by atoms with Crippen molar-refractivity contribution in [3.05, 3.63) is 77.1 Å². The van der Waals surface area contributed by atoms with E-state index in [0.29, 0.717) is 44.7 Å². The predicted molar refractivity (Wildman–Crippen MR) is 133 cm³/mol. The molecule has 3 aromatic carbocycles. The van der Waals surface area contributed by atoms with Gasteiger partial charge in [0.25, 0.3) is 5.56 Å². The number of benzene rings is 3. The van der Waals surface area contributed by atoms with Crippen LogP contribution >= 0.6 is 11.8 Å². The second-order valence-electron chi connectivity index (χ2n) is 7.19. The molecule has 0 aliphatic heterocycles. The molecule has 1 amide bonds. The maximum Gasteiger partial charge on any atom is 0.266 e. The van der Waals surface area contributed by atoms with Crippen molar-refractivity contribution in [2.45, 2.75) is 5.16 Å². The highest BCUT2D eigenvalue weighted by molar-refractivity contribution is 7.99. The molecule has 0 spiro atoms. The number of methoxy groups -OCH3 is 3. The van der Waals surface area contributed by atoms with Crippen LogP contribution in [0.4, 0.5) is 5.69 Å². The molecule has 8 nitrogen and oxygen atoms in total. The number of fused-ring (bicyclic) bond motifs is 1. The maximum atomic E-state index is 13.4. The van der Waals surface area contributed by atoms with Crippen LogP contribution in [0.15, 0.2) is 76.7 Å². The lowest BCUT2D eigenvalue weighted by atomic mass is 10.2. The van der Waals surface area contributed by atoms with E-state index in [2.05, 4.69) is 10.3 Å². The standard InChI is InChI=1S/C25H23N3O5S/c1-31-18-8-6-7-17(13-18)28-24(30)21-9-4-5-10-22(21)27-25(28)34-15-23(29)26-16-11-19(32-2)14-20(12-16)33-3/h4-14H,15H2,1-3H3,(H,26,29). The maximum absolute atomic E-state index is 13.4. The van der Waals surface area contributed by atoms with E-state index < -0.39 is 0 Å². The third-order valence-electron chi connectivity index (χ3n) is 5.02. The van der Waals surface area contributed by atoms with Gasteiger partial charge in [0, 0.05) is 30.0 Å². The Morgan fingerprint density at radius 1 is 0.912 bits per heavy atom. The van der Waals surface area contributed by atoms with Gasteiger partial charge in [-0.05, 0) is 24.3 Å². The zero-order valence-corrected chi connectivity index (χ0v) is 19.7. The highest BCUT2D eigenvalue weighted by atomic mass is 32.2. The summed E-state index contributed by atoms with van der Waals surface area (Å²) in [6, 6.07) is 19.4. The molecule has 0 aliphatic carbocycles. The van der Waals surface area contributed by atoms with Gasteiger partial charge in [-0.15, -0.1) is 0 Å². The number of thioether (sulfide) groups is 1. The molecule has 0 radical (unpaired) electrons. The van der Waals surface area contributed by atoms with Crippen LogP contribution in [0.5, 0.6) is 17.2 Å². The largest absolute Gasteiger partial charge is 0.497 e. The summed E-state index contributed by atoms with van der Waals surface area (Å²) in [5, 5.41) is 3.72. The van der Waals surface area contributed by atoms with E-state index in [-0.39, 0.29) is 17.2 Å². The van der Waals surface area contributed by atoms with Gasteiger partial charge in [0.05, 0.1) is 43.7 Å². The molecule has 4 rings (SSSR count). The molecular weight excluding hydrogens is 454 g/mol. The topological polar surface area (TPSA) is 91.7 Å². The van der Waals surface area contributed by atoms with Gasteiger partial charge in [-0.2, -0.15) is 0 Å². The van der Waals surface area contributed by atoms with Crippen molar-refractivity contribution in [1.29, 1.82) is 0 Å². The van der Waals surface area contributed by atoms with E-state index in [1.165, 1.54) is 16.3 Å². The predicted octanol–water partition coefficient (Wildman–Crippen LogP) is 4.14. The Labute approximate surface area is 200 Å². The Kier molecular flexibility index (Phi) is 7.03. The van der Waals surface area contributed by atoms with Crippen LogP contribution in [0, 0.1) is 0 Å². The first kappa shape index (κ1) is 23.2. The Morgan fingerprint density at radius 2 is 1.62 bits per heavy atom. The van der Waals surface area contributed by atoms with Crippen molar-refractivity contribution in [3.63, 3.8) is 0 Å². The lowest BCUT2D eigenvalue weighted by Crippen LogP contribution is -2.23. The van der Waals surface area contributed by atoms with Crippen LogP contribution in [0.25, 0.3) is 16.6 Å². The second-order valence-corrected chi connectivity index (χ2v) is 8.13. The fourth-order valence-electron chi connectivity index (χ4n) is 3.39. The Bertz CT molecular complexity index is 1380. The first-order valence-electron chi connectivity index (χ1n) is 10.3. The fourth-order valence-corrected chi connectivity index (χ4v) is 4.21. The average Bonchev–Trinajstić information content (AvgIpc) is 2.87. The van der Waals surface area contributed by atoms with E-state index in [1.54, 1.807) is 82.0 Å². The molecule has 0 bridgehead atoms. The summed E-state index contributed by atoms with van der Waals surface area (Å²) < 4.78 is 17.3. The number of carbonyl (C=O) groups is 1. The van der Waals surface area contributed by atoms with Gasteiger partial charge in [0.2, 0.25) is 5.91 Å². The summed E-state index contributed by atoms with van der Waals surface area (Å²) in [5.41, 5.74) is 1.48. The highest BCUT2D eigenvalue weighted by Crippen LogP contribution is 2.27. The van der Waals surface area contributed by atoms with E-state index >= 15 is 0 Å². The van der Waals surface area contributed by atoms with Gasteiger partial charge in [-0.3, -0.25) is 14.2 Å². The zero-order valence-electron chi connectivity index (χ0n) is 18.9. The molecule has 0 atom stereocenters. The number of anilines is 1. The minimum absolute atomic E-state index is 0.0360. The number of rotatable bonds is 8. The van der Waals surface area contributed by atoms with E-state index in [4.69, 9.17) is 14.2 Å². The number of amides is 1. The normalized spacial score (nSPS) is 10.7. The number of para-hydroxylation sites is 1. The Balaban J connectivity index is 1.65. The number of nitrogens with one attached hydrogen (secondary N) is 1. The van der Waals surface area contributed by atoms with Crippen molar-refractivity contribution < 1.29 is 19.0 Å². The quantitative estimate of drug-likeness (QED) is 0.301. The van der Waals surface area contributed by atoms with Crippen molar-refractivity contribution in [3.8, 4) is 22.9 Å². The van der Waals surface area contributed by atoms with E-state index in [0.717, 1.165) is 0 Å². The van der Waals surface area contributed by atoms with Crippen LogP contribution in [0.2, 0.25) is 0 Å². The molecular formula is C25H23N3O5S. The number of nitrogens with zero attached hydrogens (tertiary/aromatic N) is 2. The number of carbonyl (C=O) groups excluding carboxylic acids is 1. The Morgan fingerprint density at radius 3 is 2.32 bits per heavy atom. The summed E-state index contributed by atoms with van der Waals surface area (Å²) in [7, 11) is 4.65. The SMILES string of the molecule is COc1cc(NC(=O)CSc2nc3ccccc3c(=O)n2-c2cccc(OC)c2)cc(OC)c1. The van der Waals surface area contributed by atoms with Gasteiger partial charge >= 0.3 is 0 Å². The van der Waals surface area contributed by atoms with Crippen LogP contribution in [-0.2, 0) is 4.79 Å². The van der Waals surface area contributed by atoms with Crippen LogP contribution in [0.1, 0.15) is 0 Å². The molecule has 0 fully saturated rings. The van der Waals surface area contributed by atoms with Gasteiger partial charge in [0.1, 0.15) is 17.2 Å². The smallest absolute Gasteiger partial charge is 0.266 e. The minimum atomic E-state index is -0.264. The zero-order chi connectivity index (χ0) is 24.1. The lowest BCUT2D eigenvalue weighted by molar-refractivity contribution is -0.113. The fraction of sp³-hybridized carbons (Fsp3) is 0.160. The highest BCUT2D eigenvalue weighted by Gasteiger charge is 2.16. The first-order chi connectivity index (χ1) is 16.5. The van der Waals surface area contributed by atoms with Gasteiger partial charge in [-0.25, -0.2) is 4.98 Å².